The van der Waals surface area contributed by atoms with E-state index in [0.717, 1.165) is 13.0 Å². The van der Waals surface area contributed by atoms with Gasteiger partial charge in [-0.15, -0.1) is 0 Å². The van der Waals surface area contributed by atoms with Crippen LogP contribution in [0.4, 0.5) is 0 Å². The molecule has 0 aromatic heterocycles. The highest BCUT2D eigenvalue weighted by Gasteiger charge is 1.90. The number of hydrogen-bond donors (Lipinski definition) is 2. The van der Waals surface area contributed by atoms with Gasteiger partial charge >= 0.3 is 0 Å². The van der Waals surface area contributed by atoms with Gasteiger partial charge in [0.1, 0.15) is 0 Å². The zero-order chi connectivity index (χ0) is 13.4. The predicted octanol–water partition coefficient (Wildman–Crippen LogP) is 4.22. The van der Waals surface area contributed by atoms with E-state index in [-0.39, 0.29) is 0 Å². The van der Waals surface area contributed by atoms with Crippen LogP contribution in [0.1, 0.15) is 85.0 Å². The fraction of sp³-hybridized carbons (Fsp3) is 1.00. The van der Waals surface area contributed by atoms with Crippen LogP contribution in [-0.2, 0) is 0 Å². The summed E-state index contributed by atoms with van der Waals surface area (Å²) in [6, 6.07) is 0.384. The highest BCUT2D eigenvalue weighted by molar-refractivity contribution is 4.46. The summed E-state index contributed by atoms with van der Waals surface area (Å²) in [6.07, 6.45) is 13.5. The van der Waals surface area contributed by atoms with Gasteiger partial charge in [0.25, 0.3) is 0 Å². The van der Waals surface area contributed by atoms with Gasteiger partial charge in [0.15, 0.2) is 0 Å². The fourth-order valence-electron chi connectivity index (χ4n) is 1.45. The van der Waals surface area contributed by atoms with E-state index in [1.807, 2.05) is 6.92 Å². The number of unbranched alkanes of at least 4 members (excludes halogenated alkanes) is 8. The Morgan fingerprint density at radius 3 is 1.41 bits per heavy atom. The number of rotatable bonds is 10. The molecule has 0 aromatic rings. The van der Waals surface area contributed by atoms with Crippen LogP contribution in [0.2, 0.25) is 0 Å². The van der Waals surface area contributed by atoms with Gasteiger partial charge in [-0.3, -0.25) is 0 Å². The summed E-state index contributed by atoms with van der Waals surface area (Å²) in [7, 11) is 0. The van der Waals surface area contributed by atoms with Gasteiger partial charge in [0.2, 0.25) is 0 Å². The van der Waals surface area contributed by atoms with E-state index in [4.69, 9.17) is 11.5 Å². The topological polar surface area (TPSA) is 52.0 Å². The second-order valence-electron chi connectivity index (χ2n) is 5.00. The zero-order valence-corrected chi connectivity index (χ0v) is 12.5. The Balaban J connectivity index is 0. The molecule has 0 spiro atoms. The summed E-state index contributed by atoms with van der Waals surface area (Å²) >= 11 is 0. The lowest BCUT2D eigenvalue weighted by molar-refractivity contribution is 0.567. The van der Waals surface area contributed by atoms with E-state index in [2.05, 4.69) is 13.8 Å². The molecule has 0 aliphatic heterocycles. The molecule has 2 nitrogen and oxygen atoms in total. The Bertz CT molecular complexity index is 103. The molecule has 0 saturated carbocycles. The van der Waals surface area contributed by atoms with Crippen molar-refractivity contribution in [2.45, 2.75) is 91.0 Å². The summed E-state index contributed by atoms with van der Waals surface area (Å²) in [5.41, 5.74) is 10.7. The largest absolute Gasteiger partial charge is 0.330 e. The molecule has 0 heterocycles. The molecule has 0 fully saturated rings. The molecule has 0 aromatic carbocycles. The van der Waals surface area contributed by atoms with Crippen LogP contribution in [0, 0.1) is 0 Å². The average Bonchev–Trinajstić information content (AvgIpc) is 2.33. The van der Waals surface area contributed by atoms with Crippen molar-refractivity contribution in [1.29, 1.82) is 0 Å². The predicted molar refractivity (Wildman–Crippen MR) is 80.2 cm³/mol. The van der Waals surface area contributed by atoms with Crippen LogP contribution in [0.15, 0.2) is 0 Å². The van der Waals surface area contributed by atoms with Crippen LogP contribution >= 0.6 is 0 Å². The molecular weight excluding hydrogens is 208 g/mol. The van der Waals surface area contributed by atoms with Crippen molar-refractivity contribution < 1.29 is 0 Å². The molecule has 2 heteroatoms. The van der Waals surface area contributed by atoms with Crippen molar-refractivity contribution >= 4 is 0 Å². The molecule has 0 rings (SSSR count). The third-order valence-corrected chi connectivity index (χ3v) is 2.95. The van der Waals surface area contributed by atoms with E-state index < -0.39 is 0 Å². The van der Waals surface area contributed by atoms with Crippen molar-refractivity contribution in [3.8, 4) is 0 Å². The molecule has 4 N–H and O–H groups in total. The molecule has 0 bridgehead atoms. The van der Waals surface area contributed by atoms with Crippen molar-refractivity contribution in [2.75, 3.05) is 6.54 Å². The normalized spacial score (nSPS) is 11.8. The van der Waals surface area contributed by atoms with Crippen LogP contribution in [0.25, 0.3) is 0 Å². The fourth-order valence-corrected chi connectivity index (χ4v) is 1.45. The quantitative estimate of drug-likeness (QED) is 0.565. The Morgan fingerprint density at radius 2 is 1.12 bits per heavy atom. The molecular formula is C15H36N2. The smallest absolute Gasteiger partial charge is 0.000781 e. The SMILES string of the molecule is CCC(C)N.CCCCCCCCCCCN. The van der Waals surface area contributed by atoms with Gasteiger partial charge in [-0.05, 0) is 26.3 Å². The van der Waals surface area contributed by atoms with Crippen molar-refractivity contribution in [2.24, 2.45) is 11.5 Å². The minimum Gasteiger partial charge on any atom is -0.330 e. The Labute approximate surface area is 110 Å². The van der Waals surface area contributed by atoms with Crippen LogP contribution in [-0.4, -0.2) is 12.6 Å². The van der Waals surface area contributed by atoms with Gasteiger partial charge < -0.3 is 11.5 Å². The summed E-state index contributed by atoms with van der Waals surface area (Å²) in [5, 5.41) is 0. The molecule has 0 radical (unpaired) electrons. The van der Waals surface area contributed by atoms with Crippen LogP contribution in [0.3, 0.4) is 0 Å². The van der Waals surface area contributed by atoms with E-state index >= 15 is 0 Å². The van der Waals surface area contributed by atoms with E-state index in [1.165, 1.54) is 57.8 Å². The average molecular weight is 244 g/mol. The first-order chi connectivity index (χ1) is 8.18. The Kier molecular flexibility index (Phi) is 20.7. The van der Waals surface area contributed by atoms with Crippen molar-refractivity contribution in [3.63, 3.8) is 0 Å². The van der Waals surface area contributed by atoms with E-state index in [9.17, 15) is 0 Å². The van der Waals surface area contributed by atoms with E-state index in [0.29, 0.717) is 6.04 Å². The summed E-state index contributed by atoms with van der Waals surface area (Å²) in [6.45, 7) is 7.21. The Hall–Kier alpha value is -0.0800. The standard InChI is InChI=1S/C11H25N.C4H11N/c1-2-3-4-5-6-7-8-9-10-11-12;1-3-4(2)5/h2-12H2,1H3;4H,3,5H2,1-2H3. The van der Waals surface area contributed by atoms with Crippen LogP contribution in [0.5, 0.6) is 0 Å². The lowest BCUT2D eigenvalue weighted by Gasteiger charge is -1.99. The van der Waals surface area contributed by atoms with Gasteiger partial charge in [-0.25, -0.2) is 0 Å². The van der Waals surface area contributed by atoms with Gasteiger partial charge in [0, 0.05) is 6.04 Å². The Morgan fingerprint density at radius 1 is 0.765 bits per heavy atom. The third-order valence-electron chi connectivity index (χ3n) is 2.95. The molecule has 106 valence electrons. The molecule has 1 unspecified atom stereocenters. The van der Waals surface area contributed by atoms with Crippen molar-refractivity contribution in [3.05, 3.63) is 0 Å². The molecule has 0 aliphatic rings. The number of hydrogen-bond acceptors (Lipinski definition) is 2. The third kappa shape index (κ3) is 25.9. The maximum absolute atomic E-state index is 5.41. The molecule has 17 heavy (non-hydrogen) atoms. The van der Waals surface area contributed by atoms with Crippen LogP contribution < -0.4 is 11.5 Å². The molecule has 0 amide bonds. The monoisotopic (exact) mass is 244 g/mol. The highest BCUT2D eigenvalue weighted by atomic mass is 14.6. The number of nitrogens with two attached hydrogens (primary N) is 2. The highest BCUT2D eigenvalue weighted by Crippen LogP contribution is 2.08. The molecule has 0 saturated heterocycles. The second-order valence-corrected chi connectivity index (χ2v) is 5.00. The maximum atomic E-state index is 5.41. The van der Waals surface area contributed by atoms with Gasteiger partial charge in [-0.2, -0.15) is 0 Å². The van der Waals surface area contributed by atoms with Gasteiger partial charge in [-0.1, -0.05) is 65.2 Å². The summed E-state index contributed by atoms with van der Waals surface area (Å²) < 4.78 is 0. The van der Waals surface area contributed by atoms with Crippen molar-refractivity contribution in [1.82, 2.24) is 0 Å². The molecule has 0 aliphatic carbocycles. The van der Waals surface area contributed by atoms with Gasteiger partial charge in [0.05, 0.1) is 0 Å². The first-order valence-corrected chi connectivity index (χ1v) is 7.64. The minimum atomic E-state index is 0.384. The van der Waals surface area contributed by atoms with E-state index in [1.54, 1.807) is 0 Å². The first-order valence-electron chi connectivity index (χ1n) is 7.64. The lowest BCUT2D eigenvalue weighted by Crippen LogP contribution is -2.11. The summed E-state index contributed by atoms with van der Waals surface area (Å²) in [4.78, 5) is 0. The molecule has 1 atom stereocenters. The second kappa shape index (κ2) is 18.3. The summed E-state index contributed by atoms with van der Waals surface area (Å²) in [5.74, 6) is 0. The first kappa shape index (κ1) is 19.3. The maximum Gasteiger partial charge on any atom is 0.000781 e. The minimum absolute atomic E-state index is 0.384. The lowest BCUT2D eigenvalue weighted by atomic mass is 10.1. The zero-order valence-electron chi connectivity index (χ0n) is 12.5.